The van der Waals surface area contributed by atoms with E-state index in [2.05, 4.69) is 29.3 Å². The van der Waals surface area contributed by atoms with Gasteiger partial charge in [0.05, 0.1) is 11.7 Å². The number of aromatic nitrogens is 2. The summed E-state index contributed by atoms with van der Waals surface area (Å²) in [7, 11) is 0. The molecule has 0 spiro atoms. The normalized spacial score (nSPS) is 16.4. The van der Waals surface area contributed by atoms with Gasteiger partial charge in [0.2, 0.25) is 0 Å². The van der Waals surface area contributed by atoms with Crippen LogP contribution >= 0.6 is 11.6 Å². The third-order valence-corrected chi connectivity index (χ3v) is 5.23. The summed E-state index contributed by atoms with van der Waals surface area (Å²) in [5.74, 6) is -0.0363. The van der Waals surface area contributed by atoms with Crippen molar-refractivity contribution < 1.29 is 4.79 Å². The van der Waals surface area contributed by atoms with Crippen molar-refractivity contribution in [1.29, 1.82) is 0 Å². The van der Waals surface area contributed by atoms with E-state index in [1.807, 2.05) is 55.1 Å². The van der Waals surface area contributed by atoms with E-state index in [1.54, 1.807) is 0 Å². The van der Waals surface area contributed by atoms with Crippen LogP contribution in [0.25, 0.3) is 11.3 Å². The highest BCUT2D eigenvalue weighted by molar-refractivity contribution is 6.31. The second-order valence-electron chi connectivity index (χ2n) is 6.96. The Morgan fingerprint density at radius 3 is 2.46 bits per heavy atom. The molecule has 1 atom stereocenters. The zero-order valence-electron chi connectivity index (χ0n) is 15.0. The molecule has 5 heteroatoms. The number of nitrogens with zero attached hydrogens (tertiary/aromatic N) is 2. The lowest BCUT2D eigenvalue weighted by Gasteiger charge is -2.30. The maximum absolute atomic E-state index is 13.0. The highest BCUT2D eigenvalue weighted by Gasteiger charge is 2.43. The molecule has 0 fully saturated rings. The number of carbonyl (C=O) groups excluding carboxylic acids is 1. The largest absolute Gasteiger partial charge is 0.324 e. The summed E-state index contributed by atoms with van der Waals surface area (Å²) < 4.78 is 0. The van der Waals surface area contributed by atoms with Gasteiger partial charge in [-0.25, -0.2) is 0 Å². The molecule has 26 heavy (non-hydrogen) atoms. The Morgan fingerprint density at radius 2 is 1.81 bits per heavy atom. The molecule has 0 radical (unpaired) electrons. The first-order chi connectivity index (χ1) is 12.5. The number of fused-ring (bicyclic) bond motifs is 1. The van der Waals surface area contributed by atoms with Crippen molar-refractivity contribution in [2.45, 2.75) is 32.9 Å². The predicted octanol–water partition coefficient (Wildman–Crippen LogP) is 4.99. The summed E-state index contributed by atoms with van der Waals surface area (Å²) in [5.41, 5.74) is 5.36. The van der Waals surface area contributed by atoms with E-state index < -0.39 is 0 Å². The molecular weight excluding hydrogens is 346 g/mol. The van der Waals surface area contributed by atoms with Gasteiger partial charge in [-0.2, -0.15) is 5.10 Å². The van der Waals surface area contributed by atoms with E-state index in [-0.39, 0.29) is 18.0 Å². The predicted molar refractivity (Wildman–Crippen MR) is 103 cm³/mol. The van der Waals surface area contributed by atoms with Gasteiger partial charge in [0.1, 0.15) is 5.69 Å². The SMILES string of the molecule is Cc1ccc(-c2n[nH]c3c2C(c2ccccc2Cl)N(C(C)C)C3=O)cc1. The van der Waals surface area contributed by atoms with Crippen LogP contribution in [-0.4, -0.2) is 27.0 Å². The van der Waals surface area contributed by atoms with Crippen LogP contribution in [0.15, 0.2) is 48.5 Å². The maximum Gasteiger partial charge on any atom is 0.273 e. The molecule has 0 aliphatic carbocycles. The molecule has 1 aliphatic heterocycles. The summed E-state index contributed by atoms with van der Waals surface area (Å²) >= 11 is 6.51. The average Bonchev–Trinajstić information content (AvgIpc) is 3.16. The number of benzene rings is 2. The Bertz CT molecular complexity index is 975. The number of hydrogen-bond acceptors (Lipinski definition) is 2. The number of carbonyl (C=O) groups is 1. The van der Waals surface area contributed by atoms with Crippen molar-refractivity contribution in [3.05, 3.63) is 75.9 Å². The van der Waals surface area contributed by atoms with Crippen molar-refractivity contribution in [2.75, 3.05) is 0 Å². The number of amides is 1. The van der Waals surface area contributed by atoms with E-state index in [9.17, 15) is 4.79 Å². The summed E-state index contributed by atoms with van der Waals surface area (Å²) in [6, 6.07) is 15.7. The summed E-state index contributed by atoms with van der Waals surface area (Å²) in [6.45, 7) is 6.09. The molecule has 1 aliphatic rings. The lowest BCUT2D eigenvalue weighted by atomic mass is 9.95. The topological polar surface area (TPSA) is 49.0 Å². The van der Waals surface area contributed by atoms with Crippen molar-refractivity contribution >= 4 is 17.5 Å². The number of nitrogens with one attached hydrogen (secondary N) is 1. The fraction of sp³-hybridized carbons (Fsp3) is 0.238. The fourth-order valence-corrected chi connectivity index (χ4v) is 3.87. The Balaban J connectivity index is 1.94. The molecule has 3 aromatic rings. The minimum atomic E-state index is -0.249. The third kappa shape index (κ3) is 2.53. The molecule has 0 saturated heterocycles. The van der Waals surface area contributed by atoms with Gasteiger partial charge in [0.25, 0.3) is 5.91 Å². The second kappa shape index (κ2) is 6.29. The van der Waals surface area contributed by atoms with Crippen LogP contribution in [0.2, 0.25) is 5.02 Å². The van der Waals surface area contributed by atoms with Gasteiger partial charge in [0.15, 0.2) is 0 Å². The Labute approximate surface area is 157 Å². The van der Waals surface area contributed by atoms with Gasteiger partial charge in [-0.3, -0.25) is 9.89 Å². The second-order valence-corrected chi connectivity index (χ2v) is 7.36. The molecule has 1 unspecified atom stereocenters. The average molecular weight is 366 g/mol. The first kappa shape index (κ1) is 16.9. The lowest BCUT2D eigenvalue weighted by Crippen LogP contribution is -2.35. The third-order valence-electron chi connectivity index (χ3n) is 4.89. The molecule has 1 N–H and O–H groups in total. The van der Waals surface area contributed by atoms with Crippen molar-refractivity contribution in [3.63, 3.8) is 0 Å². The molecule has 132 valence electrons. The number of aromatic amines is 1. The molecule has 4 rings (SSSR count). The number of hydrogen-bond donors (Lipinski definition) is 1. The highest BCUT2D eigenvalue weighted by atomic mass is 35.5. The van der Waals surface area contributed by atoms with Crippen LogP contribution in [0.1, 0.15) is 47.1 Å². The minimum absolute atomic E-state index is 0.0363. The van der Waals surface area contributed by atoms with Crippen LogP contribution in [0.3, 0.4) is 0 Å². The minimum Gasteiger partial charge on any atom is -0.324 e. The van der Waals surface area contributed by atoms with Gasteiger partial charge in [-0.15, -0.1) is 0 Å². The quantitative estimate of drug-likeness (QED) is 0.710. The molecule has 0 saturated carbocycles. The molecular formula is C21H20ClN3O. The van der Waals surface area contributed by atoms with Gasteiger partial charge >= 0.3 is 0 Å². The van der Waals surface area contributed by atoms with E-state index in [1.165, 1.54) is 5.56 Å². The summed E-state index contributed by atoms with van der Waals surface area (Å²) in [6.07, 6.45) is 0. The van der Waals surface area contributed by atoms with Crippen LogP contribution in [0, 0.1) is 6.92 Å². The molecule has 2 aromatic carbocycles. The van der Waals surface area contributed by atoms with Gasteiger partial charge < -0.3 is 4.90 Å². The Morgan fingerprint density at radius 1 is 1.12 bits per heavy atom. The van der Waals surface area contributed by atoms with E-state index >= 15 is 0 Å². The summed E-state index contributed by atoms with van der Waals surface area (Å²) in [4.78, 5) is 14.9. The van der Waals surface area contributed by atoms with Crippen molar-refractivity contribution in [3.8, 4) is 11.3 Å². The van der Waals surface area contributed by atoms with E-state index in [0.29, 0.717) is 10.7 Å². The van der Waals surface area contributed by atoms with Gasteiger partial charge in [0, 0.05) is 22.2 Å². The number of H-pyrrole nitrogens is 1. The molecule has 2 heterocycles. The maximum atomic E-state index is 13.0. The zero-order valence-corrected chi connectivity index (χ0v) is 15.7. The Hall–Kier alpha value is -2.59. The van der Waals surface area contributed by atoms with Crippen molar-refractivity contribution in [2.24, 2.45) is 0 Å². The van der Waals surface area contributed by atoms with Crippen molar-refractivity contribution in [1.82, 2.24) is 15.1 Å². The molecule has 0 bridgehead atoms. The monoisotopic (exact) mass is 365 g/mol. The van der Waals surface area contributed by atoms with Crippen LogP contribution in [-0.2, 0) is 0 Å². The summed E-state index contributed by atoms with van der Waals surface area (Å²) in [5, 5.41) is 8.09. The van der Waals surface area contributed by atoms with Crippen LogP contribution in [0.5, 0.6) is 0 Å². The molecule has 1 aromatic heterocycles. The van der Waals surface area contributed by atoms with Crippen LogP contribution in [0.4, 0.5) is 0 Å². The highest BCUT2D eigenvalue weighted by Crippen LogP contribution is 2.45. The smallest absolute Gasteiger partial charge is 0.273 e. The fourth-order valence-electron chi connectivity index (χ4n) is 3.63. The van der Waals surface area contributed by atoms with E-state index in [0.717, 1.165) is 22.4 Å². The molecule has 1 amide bonds. The molecule has 4 nitrogen and oxygen atoms in total. The standard InChI is InChI=1S/C21H20ClN3O/c1-12(2)25-20(15-6-4-5-7-16(15)22)17-18(23-24-19(17)21(25)26)14-10-8-13(3)9-11-14/h4-12,20H,1-3H3,(H,23,24). The number of aryl methyl sites for hydroxylation is 1. The number of halogens is 1. The first-order valence-electron chi connectivity index (χ1n) is 8.71. The van der Waals surface area contributed by atoms with Gasteiger partial charge in [-0.1, -0.05) is 59.6 Å². The van der Waals surface area contributed by atoms with E-state index in [4.69, 9.17) is 11.6 Å². The Kier molecular flexibility index (Phi) is 4.08. The van der Waals surface area contributed by atoms with Gasteiger partial charge in [-0.05, 0) is 32.4 Å². The lowest BCUT2D eigenvalue weighted by molar-refractivity contribution is 0.0688. The number of rotatable bonds is 3. The van der Waals surface area contributed by atoms with Crippen LogP contribution < -0.4 is 0 Å². The first-order valence-corrected chi connectivity index (χ1v) is 9.09. The zero-order chi connectivity index (χ0) is 18.4.